The van der Waals surface area contributed by atoms with Crippen LogP contribution in [0, 0.1) is 0 Å². The van der Waals surface area contributed by atoms with Gasteiger partial charge in [-0.15, -0.1) is 0 Å². The van der Waals surface area contributed by atoms with Crippen LogP contribution in [0.1, 0.15) is 12.5 Å². The van der Waals surface area contributed by atoms with E-state index in [0.717, 1.165) is 0 Å². The maximum absolute atomic E-state index is 10.8. The SMILES string of the molecule is COc1ccc(C(C)=C(C(=O)O)C(=O)O)cc1. The van der Waals surface area contributed by atoms with E-state index < -0.39 is 17.5 Å². The average Bonchev–Trinajstić information content (AvgIpc) is 2.28. The van der Waals surface area contributed by atoms with Crippen LogP contribution in [0.5, 0.6) is 5.75 Å². The van der Waals surface area contributed by atoms with Crippen LogP contribution < -0.4 is 4.74 Å². The minimum atomic E-state index is -1.45. The van der Waals surface area contributed by atoms with E-state index in [1.54, 1.807) is 24.3 Å². The molecule has 1 rings (SSSR count). The van der Waals surface area contributed by atoms with Crippen LogP contribution in [0.25, 0.3) is 5.57 Å². The number of rotatable bonds is 4. The first-order chi connectivity index (χ1) is 7.97. The minimum Gasteiger partial charge on any atom is -0.497 e. The summed E-state index contributed by atoms with van der Waals surface area (Å²) in [6.07, 6.45) is 0. The number of carboxylic acids is 2. The predicted octanol–water partition coefficient (Wildman–Crippen LogP) is 1.64. The number of benzene rings is 1. The van der Waals surface area contributed by atoms with E-state index in [4.69, 9.17) is 14.9 Å². The molecular formula is C12H12O5. The second kappa shape index (κ2) is 5.16. The maximum atomic E-state index is 10.8. The van der Waals surface area contributed by atoms with Crippen molar-refractivity contribution >= 4 is 17.5 Å². The number of hydrogen-bond donors (Lipinski definition) is 2. The Morgan fingerprint density at radius 1 is 1.06 bits per heavy atom. The van der Waals surface area contributed by atoms with Gasteiger partial charge in [-0.1, -0.05) is 12.1 Å². The molecule has 0 unspecified atom stereocenters. The number of hydrogen-bond acceptors (Lipinski definition) is 3. The standard InChI is InChI=1S/C12H12O5/c1-7(10(11(13)14)12(15)16)8-3-5-9(17-2)6-4-8/h3-6H,1-2H3,(H,13,14)(H,15,16). The van der Waals surface area contributed by atoms with E-state index in [1.165, 1.54) is 14.0 Å². The van der Waals surface area contributed by atoms with Crippen molar-refractivity contribution in [3.05, 3.63) is 35.4 Å². The zero-order chi connectivity index (χ0) is 13.0. The molecule has 0 fully saturated rings. The molecule has 5 nitrogen and oxygen atoms in total. The van der Waals surface area contributed by atoms with E-state index >= 15 is 0 Å². The van der Waals surface area contributed by atoms with Crippen molar-refractivity contribution in [2.45, 2.75) is 6.92 Å². The molecule has 0 aromatic heterocycles. The number of carboxylic acid groups (broad SMARTS) is 2. The lowest BCUT2D eigenvalue weighted by molar-refractivity contribution is -0.140. The molecule has 0 bridgehead atoms. The molecule has 90 valence electrons. The number of aliphatic carboxylic acids is 2. The van der Waals surface area contributed by atoms with Gasteiger partial charge in [0.25, 0.3) is 0 Å². The third-order valence-corrected chi connectivity index (χ3v) is 2.33. The molecule has 0 aliphatic rings. The first-order valence-corrected chi connectivity index (χ1v) is 4.79. The van der Waals surface area contributed by atoms with Gasteiger partial charge in [-0.25, -0.2) is 9.59 Å². The van der Waals surface area contributed by atoms with Crippen molar-refractivity contribution in [1.29, 1.82) is 0 Å². The Morgan fingerprint density at radius 2 is 1.53 bits per heavy atom. The van der Waals surface area contributed by atoms with Crippen LogP contribution in [0.4, 0.5) is 0 Å². The third kappa shape index (κ3) is 2.84. The summed E-state index contributed by atoms with van der Waals surface area (Å²) in [6, 6.07) is 6.50. The van der Waals surface area contributed by atoms with Gasteiger partial charge >= 0.3 is 11.9 Å². The van der Waals surface area contributed by atoms with Gasteiger partial charge in [-0.3, -0.25) is 0 Å². The van der Waals surface area contributed by atoms with Crippen molar-refractivity contribution in [3.63, 3.8) is 0 Å². The molecular weight excluding hydrogens is 224 g/mol. The number of allylic oxidation sites excluding steroid dienone is 1. The van der Waals surface area contributed by atoms with Gasteiger partial charge in [-0.05, 0) is 30.2 Å². The predicted molar refractivity (Wildman–Crippen MR) is 60.9 cm³/mol. The highest BCUT2D eigenvalue weighted by Gasteiger charge is 2.20. The quantitative estimate of drug-likeness (QED) is 0.471. The Bertz CT molecular complexity index is 454. The molecule has 0 aliphatic heterocycles. The zero-order valence-corrected chi connectivity index (χ0v) is 9.43. The Labute approximate surface area is 98.0 Å². The van der Waals surface area contributed by atoms with Gasteiger partial charge in [-0.2, -0.15) is 0 Å². The maximum Gasteiger partial charge on any atom is 0.343 e. The molecule has 1 aromatic rings. The molecule has 0 amide bonds. The molecule has 0 saturated heterocycles. The van der Waals surface area contributed by atoms with Gasteiger partial charge in [0, 0.05) is 0 Å². The Balaban J connectivity index is 3.24. The lowest BCUT2D eigenvalue weighted by atomic mass is 10.0. The first-order valence-electron chi connectivity index (χ1n) is 4.79. The van der Waals surface area contributed by atoms with Crippen molar-refractivity contribution in [2.75, 3.05) is 7.11 Å². The molecule has 0 atom stereocenters. The number of methoxy groups -OCH3 is 1. The van der Waals surface area contributed by atoms with Crippen LogP contribution in [-0.2, 0) is 9.59 Å². The highest BCUT2D eigenvalue weighted by Crippen LogP contribution is 2.21. The lowest BCUT2D eigenvalue weighted by Crippen LogP contribution is -2.13. The average molecular weight is 236 g/mol. The molecule has 0 heterocycles. The summed E-state index contributed by atoms with van der Waals surface area (Å²) in [5, 5.41) is 17.6. The summed E-state index contributed by atoms with van der Waals surface area (Å²) >= 11 is 0. The topological polar surface area (TPSA) is 83.8 Å². The summed E-state index contributed by atoms with van der Waals surface area (Å²) in [5.74, 6) is -2.29. The van der Waals surface area contributed by atoms with E-state index in [1.807, 2.05) is 0 Å². The van der Waals surface area contributed by atoms with Crippen LogP contribution >= 0.6 is 0 Å². The van der Waals surface area contributed by atoms with E-state index in [-0.39, 0.29) is 5.57 Å². The molecule has 5 heteroatoms. The fourth-order valence-corrected chi connectivity index (χ4v) is 1.40. The fourth-order valence-electron chi connectivity index (χ4n) is 1.40. The van der Waals surface area contributed by atoms with E-state index in [0.29, 0.717) is 11.3 Å². The molecule has 2 N–H and O–H groups in total. The molecule has 1 aromatic carbocycles. The second-order valence-corrected chi connectivity index (χ2v) is 3.34. The summed E-state index contributed by atoms with van der Waals surface area (Å²) < 4.78 is 4.96. The normalized spacial score (nSPS) is 9.53. The van der Waals surface area contributed by atoms with Crippen LogP contribution in [0.3, 0.4) is 0 Å². The van der Waals surface area contributed by atoms with Crippen molar-refractivity contribution < 1.29 is 24.5 Å². The fraction of sp³-hybridized carbons (Fsp3) is 0.167. The summed E-state index contributed by atoms with van der Waals surface area (Å²) in [4.78, 5) is 21.6. The number of ether oxygens (including phenoxy) is 1. The van der Waals surface area contributed by atoms with Gasteiger partial charge in [0.05, 0.1) is 7.11 Å². The molecule has 0 saturated carbocycles. The highest BCUT2D eigenvalue weighted by molar-refractivity contribution is 6.18. The molecule has 17 heavy (non-hydrogen) atoms. The summed E-state index contributed by atoms with van der Waals surface area (Å²) in [6.45, 7) is 1.46. The molecule has 0 radical (unpaired) electrons. The van der Waals surface area contributed by atoms with Gasteiger partial charge in [0.1, 0.15) is 11.3 Å². The first kappa shape index (κ1) is 12.8. The third-order valence-electron chi connectivity index (χ3n) is 2.33. The largest absolute Gasteiger partial charge is 0.497 e. The second-order valence-electron chi connectivity index (χ2n) is 3.34. The summed E-state index contributed by atoms with van der Waals surface area (Å²) in [7, 11) is 1.51. The monoisotopic (exact) mass is 236 g/mol. The van der Waals surface area contributed by atoms with Gasteiger partial charge < -0.3 is 14.9 Å². The van der Waals surface area contributed by atoms with Gasteiger partial charge in [0.15, 0.2) is 0 Å². The van der Waals surface area contributed by atoms with E-state index in [2.05, 4.69) is 0 Å². The van der Waals surface area contributed by atoms with Crippen LogP contribution in [0.15, 0.2) is 29.8 Å². The Morgan fingerprint density at radius 3 is 1.88 bits per heavy atom. The van der Waals surface area contributed by atoms with Crippen molar-refractivity contribution in [3.8, 4) is 5.75 Å². The zero-order valence-electron chi connectivity index (χ0n) is 9.43. The van der Waals surface area contributed by atoms with Gasteiger partial charge in [0.2, 0.25) is 0 Å². The van der Waals surface area contributed by atoms with E-state index in [9.17, 15) is 9.59 Å². The van der Waals surface area contributed by atoms with Crippen LogP contribution in [0.2, 0.25) is 0 Å². The smallest absolute Gasteiger partial charge is 0.343 e. The Kier molecular flexibility index (Phi) is 3.87. The highest BCUT2D eigenvalue weighted by atomic mass is 16.5. The Hall–Kier alpha value is -2.30. The molecule has 0 spiro atoms. The number of carbonyl (C=O) groups is 2. The summed E-state index contributed by atoms with van der Waals surface area (Å²) in [5.41, 5.74) is 0.105. The minimum absolute atomic E-state index is 0.202. The molecule has 0 aliphatic carbocycles. The van der Waals surface area contributed by atoms with Crippen LogP contribution in [-0.4, -0.2) is 29.3 Å². The van der Waals surface area contributed by atoms with Crippen molar-refractivity contribution in [1.82, 2.24) is 0 Å². The van der Waals surface area contributed by atoms with Crippen molar-refractivity contribution in [2.24, 2.45) is 0 Å². The lowest BCUT2D eigenvalue weighted by Gasteiger charge is -2.06.